The number of hydrogen-bond acceptors (Lipinski definition) is 4. The zero-order chi connectivity index (χ0) is 20.0. The number of carboxylic acids is 1. The second-order valence-electron chi connectivity index (χ2n) is 6.46. The van der Waals surface area contributed by atoms with Crippen LogP contribution >= 0.6 is 0 Å². The first-order valence-electron chi connectivity index (χ1n) is 8.69. The number of carbonyl (C=O) groups excluding carboxylic acids is 1. The number of para-hydroxylation sites is 1. The molecule has 2 aromatic carbocycles. The predicted molar refractivity (Wildman–Crippen MR) is 103 cm³/mol. The maximum absolute atomic E-state index is 12.7. The molecule has 0 bridgehead atoms. The summed E-state index contributed by atoms with van der Waals surface area (Å²) < 4.78 is 11.0. The molecule has 0 saturated heterocycles. The molecule has 6 nitrogen and oxygen atoms in total. The summed E-state index contributed by atoms with van der Waals surface area (Å²) in [5, 5.41) is 8.76. The van der Waals surface area contributed by atoms with Crippen LogP contribution in [0.5, 0.6) is 11.5 Å². The largest absolute Gasteiger partial charge is 0.491 e. The second kappa shape index (κ2) is 9.07. The fourth-order valence-corrected chi connectivity index (χ4v) is 2.77. The van der Waals surface area contributed by atoms with Crippen LogP contribution in [0, 0.1) is 20.8 Å². The number of likely N-dealkylation sites (N-methyl/N-ethyl adjacent to an activating group) is 1. The van der Waals surface area contributed by atoms with Crippen molar-refractivity contribution >= 4 is 11.9 Å². The van der Waals surface area contributed by atoms with Gasteiger partial charge >= 0.3 is 5.97 Å². The molecule has 1 amide bonds. The van der Waals surface area contributed by atoms with E-state index in [4.69, 9.17) is 14.6 Å². The van der Waals surface area contributed by atoms with Gasteiger partial charge in [0.15, 0.2) is 6.61 Å². The molecule has 6 heteroatoms. The normalized spacial score (nSPS) is 10.4. The number of carbonyl (C=O) groups is 2. The summed E-state index contributed by atoms with van der Waals surface area (Å²) in [5.74, 6) is 0.145. The molecule has 0 spiro atoms. The van der Waals surface area contributed by atoms with Crippen LogP contribution in [-0.2, 0) is 4.79 Å². The van der Waals surface area contributed by atoms with Crippen molar-refractivity contribution in [1.82, 2.24) is 4.90 Å². The van der Waals surface area contributed by atoms with E-state index in [0.717, 1.165) is 22.4 Å². The van der Waals surface area contributed by atoms with Gasteiger partial charge in [-0.2, -0.15) is 0 Å². The highest BCUT2D eigenvalue weighted by Gasteiger charge is 2.16. The van der Waals surface area contributed by atoms with Gasteiger partial charge in [0, 0.05) is 12.6 Å². The SMILES string of the molecule is Cc1ccccc1OCCN(C)C(=O)c1cc(C)c(OCC(=O)O)c(C)c1. The standard InChI is InChI=1S/C21H25NO5/c1-14-7-5-6-8-18(14)26-10-9-22(4)21(25)17-11-15(2)20(16(3)12-17)27-13-19(23)24/h5-8,11-12H,9-10,13H2,1-4H3,(H,23,24). The van der Waals surface area contributed by atoms with Crippen LogP contribution in [0.3, 0.4) is 0 Å². The highest BCUT2D eigenvalue weighted by atomic mass is 16.5. The van der Waals surface area contributed by atoms with Gasteiger partial charge in [-0.15, -0.1) is 0 Å². The van der Waals surface area contributed by atoms with Crippen molar-refractivity contribution in [3.63, 3.8) is 0 Å². The Labute approximate surface area is 159 Å². The van der Waals surface area contributed by atoms with Crippen molar-refractivity contribution < 1.29 is 24.2 Å². The lowest BCUT2D eigenvalue weighted by atomic mass is 10.0. The molecule has 0 atom stereocenters. The van der Waals surface area contributed by atoms with Crippen molar-refractivity contribution in [2.75, 3.05) is 26.8 Å². The summed E-state index contributed by atoms with van der Waals surface area (Å²) in [4.78, 5) is 25.0. The lowest BCUT2D eigenvalue weighted by Crippen LogP contribution is -2.31. The predicted octanol–water partition coefficient (Wildman–Crippen LogP) is 3.23. The Morgan fingerprint density at radius 1 is 1.00 bits per heavy atom. The molecule has 2 rings (SSSR count). The molecule has 0 radical (unpaired) electrons. The van der Waals surface area contributed by atoms with E-state index in [1.165, 1.54) is 0 Å². The number of hydrogen-bond donors (Lipinski definition) is 1. The van der Waals surface area contributed by atoms with Crippen LogP contribution in [0.4, 0.5) is 0 Å². The number of nitrogens with zero attached hydrogens (tertiary/aromatic N) is 1. The lowest BCUT2D eigenvalue weighted by Gasteiger charge is -2.19. The van der Waals surface area contributed by atoms with Crippen LogP contribution in [0.1, 0.15) is 27.0 Å². The van der Waals surface area contributed by atoms with Gasteiger partial charge in [0.25, 0.3) is 5.91 Å². The molecule has 0 saturated carbocycles. The van der Waals surface area contributed by atoms with Crippen molar-refractivity contribution in [3.05, 3.63) is 58.7 Å². The number of carboxylic acid groups (broad SMARTS) is 1. The number of aliphatic carboxylic acids is 1. The van der Waals surface area contributed by atoms with Gasteiger partial charge < -0.3 is 19.5 Å². The van der Waals surface area contributed by atoms with Gasteiger partial charge in [-0.1, -0.05) is 18.2 Å². The van der Waals surface area contributed by atoms with Gasteiger partial charge in [-0.25, -0.2) is 4.79 Å². The van der Waals surface area contributed by atoms with Crippen LogP contribution in [-0.4, -0.2) is 48.7 Å². The average Bonchev–Trinajstić information content (AvgIpc) is 2.61. The fraction of sp³-hybridized carbons (Fsp3) is 0.333. The molecule has 1 N–H and O–H groups in total. The number of aryl methyl sites for hydroxylation is 3. The average molecular weight is 371 g/mol. The second-order valence-corrected chi connectivity index (χ2v) is 6.46. The first-order chi connectivity index (χ1) is 12.8. The molecular weight excluding hydrogens is 346 g/mol. The summed E-state index contributed by atoms with van der Waals surface area (Å²) in [5.41, 5.74) is 3.04. The quantitative estimate of drug-likeness (QED) is 0.771. The van der Waals surface area contributed by atoms with E-state index in [9.17, 15) is 9.59 Å². The van der Waals surface area contributed by atoms with E-state index in [0.29, 0.717) is 24.5 Å². The van der Waals surface area contributed by atoms with Gasteiger partial charge in [-0.3, -0.25) is 4.79 Å². The van der Waals surface area contributed by atoms with Gasteiger partial charge in [0.2, 0.25) is 0 Å². The highest BCUT2D eigenvalue weighted by molar-refractivity contribution is 5.94. The molecule has 0 aliphatic carbocycles. The third kappa shape index (κ3) is 5.48. The monoisotopic (exact) mass is 371 g/mol. The molecular formula is C21H25NO5. The fourth-order valence-electron chi connectivity index (χ4n) is 2.77. The minimum absolute atomic E-state index is 0.126. The summed E-state index contributed by atoms with van der Waals surface area (Å²) >= 11 is 0. The third-order valence-electron chi connectivity index (χ3n) is 4.17. The summed E-state index contributed by atoms with van der Waals surface area (Å²) in [6, 6.07) is 11.2. The molecule has 0 unspecified atom stereocenters. The third-order valence-corrected chi connectivity index (χ3v) is 4.17. The Hall–Kier alpha value is -3.02. The zero-order valence-electron chi connectivity index (χ0n) is 16.1. The number of benzene rings is 2. The first kappa shape index (κ1) is 20.3. The van der Waals surface area contributed by atoms with Gasteiger partial charge in [0.1, 0.15) is 18.1 Å². The van der Waals surface area contributed by atoms with Crippen LogP contribution in [0.15, 0.2) is 36.4 Å². The summed E-state index contributed by atoms with van der Waals surface area (Å²) in [7, 11) is 1.73. The summed E-state index contributed by atoms with van der Waals surface area (Å²) in [6.45, 7) is 5.99. The minimum Gasteiger partial charge on any atom is -0.491 e. The van der Waals surface area contributed by atoms with E-state index in [1.54, 1.807) is 37.9 Å². The Morgan fingerprint density at radius 3 is 2.22 bits per heavy atom. The van der Waals surface area contributed by atoms with E-state index in [2.05, 4.69) is 0 Å². The molecule has 0 aromatic heterocycles. The van der Waals surface area contributed by atoms with E-state index >= 15 is 0 Å². The first-order valence-corrected chi connectivity index (χ1v) is 8.69. The molecule has 27 heavy (non-hydrogen) atoms. The maximum atomic E-state index is 12.7. The van der Waals surface area contributed by atoms with E-state index < -0.39 is 12.6 Å². The number of amides is 1. The molecule has 0 aliphatic rings. The number of ether oxygens (including phenoxy) is 2. The van der Waals surface area contributed by atoms with Crippen molar-refractivity contribution in [1.29, 1.82) is 0 Å². The number of rotatable bonds is 8. The Kier molecular flexibility index (Phi) is 6.82. The topological polar surface area (TPSA) is 76.1 Å². The van der Waals surface area contributed by atoms with Crippen LogP contribution in [0.2, 0.25) is 0 Å². The van der Waals surface area contributed by atoms with E-state index in [1.807, 2.05) is 31.2 Å². The maximum Gasteiger partial charge on any atom is 0.341 e. The van der Waals surface area contributed by atoms with Gasteiger partial charge in [0.05, 0.1) is 6.54 Å². The highest BCUT2D eigenvalue weighted by Crippen LogP contribution is 2.25. The molecule has 144 valence electrons. The van der Waals surface area contributed by atoms with Gasteiger partial charge in [-0.05, 0) is 55.7 Å². The smallest absolute Gasteiger partial charge is 0.341 e. The van der Waals surface area contributed by atoms with Crippen LogP contribution < -0.4 is 9.47 Å². The van der Waals surface area contributed by atoms with Crippen molar-refractivity contribution in [3.8, 4) is 11.5 Å². The minimum atomic E-state index is -1.04. The Bertz CT molecular complexity index is 808. The molecule has 2 aromatic rings. The summed E-state index contributed by atoms with van der Waals surface area (Å²) in [6.07, 6.45) is 0. The molecule has 0 fully saturated rings. The van der Waals surface area contributed by atoms with Crippen LogP contribution in [0.25, 0.3) is 0 Å². The Balaban J connectivity index is 1.99. The van der Waals surface area contributed by atoms with Crippen molar-refractivity contribution in [2.45, 2.75) is 20.8 Å². The molecule has 0 heterocycles. The Morgan fingerprint density at radius 2 is 1.63 bits per heavy atom. The van der Waals surface area contributed by atoms with E-state index in [-0.39, 0.29) is 5.91 Å². The van der Waals surface area contributed by atoms with Crippen molar-refractivity contribution in [2.24, 2.45) is 0 Å². The lowest BCUT2D eigenvalue weighted by molar-refractivity contribution is -0.139. The zero-order valence-corrected chi connectivity index (χ0v) is 16.1. The molecule has 0 aliphatic heterocycles.